The molecule has 19 heavy (non-hydrogen) atoms. The number of anilines is 1. The molecule has 0 aromatic heterocycles. The summed E-state index contributed by atoms with van der Waals surface area (Å²) in [4.78, 5) is 11.8. The number of amides is 2. The first-order valence-electron chi connectivity index (χ1n) is 6.25. The summed E-state index contributed by atoms with van der Waals surface area (Å²) >= 11 is 6.10. The van der Waals surface area contributed by atoms with E-state index < -0.39 is 0 Å². The van der Waals surface area contributed by atoms with Gasteiger partial charge < -0.3 is 15.4 Å². The molecule has 0 unspecified atom stereocenters. The van der Waals surface area contributed by atoms with Crippen LogP contribution in [0.5, 0.6) is 5.75 Å². The van der Waals surface area contributed by atoms with E-state index in [2.05, 4.69) is 10.6 Å². The van der Waals surface area contributed by atoms with Crippen LogP contribution in [0.25, 0.3) is 0 Å². The van der Waals surface area contributed by atoms with Gasteiger partial charge in [-0.05, 0) is 52.3 Å². The number of rotatable bonds is 3. The van der Waals surface area contributed by atoms with Gasteiger partial charge in [0.15, 0.2) is 0 Å². The van der Waals surface area contributed by atoms with E-state index in [4.69, 9.17) is 16.3 Å². The second-order valence-electron chi connectivity index (χ2n) is 5.36. The number of carbonyl (C=O) groups excluding carboxylic acids is 1. The van der Waals surface area contributed by atoms with Crippen molar-refractivity contribution in [1.82, 2.24) is 5.32 Å². The highest BCUT2D eigenvalue weighted by atomic mass is 35.5. The molecule has 0 spiro atoms. The molecule has 0 bridgehead atoms. The minimum atomic E-state index is -0.285. The summed E-state index contributed by atoms with van der Waals surface area (Å²) in [6, 6.07) is 3.26. The molecule has 0 aliphatic heterocycles. The zero-order valence-electron chi connectivity index (χ0n) is 12.1. The average Bonchev–Trinajstić information content (AvgIpc) is 2.22. The lowest BCUT2D eigenvalue weighted by Crippen LogP contribution is -2.43. The number of hydrogen-bond donors (Lipinski definition) is 2. The molecule has 2 N–H and O–H groups in total. The molecule has 4 nitrogen and oxygen atoms in total. The van der Waals surface area contributed by atoms with Gasteiger partial charge in [0, 0.05) is 11.2 Å². The summed E-state index contributed by atoms with van der Waals surface area (Å²) in [6.07, 6.45) is 0. The van der Waals surface area contributed by atoms with E-state index in [0.717, 1.165) is 5.56 Å². The van der Waals surface area contributed by atoms with Gasteiger partial charge in [-0.3, -0.25) is 0 Å². The van der Waals surface area contributed by atoms with E-state index in [9.17, 15) is 4.79 Å². The van der Waals surface area contributed by atoms with Gasteiger partial charge in [-0.25, -0.2) is 4.79 Å². The first kappa shape index (κ1) is 15.6. The minimum absolute atomic E-state index is 0.254. The number of nitrogens with one attached hydrogen (secondary N) is 2. The zero-order valence-corrected chi connectivity index (χ0v) is 12.8. The van der Waals surface area contributed by atoms with Gasteiger partial charge >= 0.3 is 6.03 Å². The molecule has 5 heteroatoms. The van der Waals surface area contributed by atoms with Crippen LogP contribution in [0.2, 0.25) is 5.02 Å². The standard InChI is InChI=1S/C14H21ClN2O2/c1-6-19-12-7-9(2)11(8-10(12)15)16-13(18)17-14(3,4)5/h7-8H,6H2,1-5H3,(H2,16,17,18). The highest BCUT2D eigenvalue weighted by Crippen LogP contribution is 2.30. The van der Waals surface area contributed by atoms with Crippen molar-refractivity contribution in [3.63, 3.8) is 0 Å². The fourth-order valence-electron chi connectivity index (χ4n) is 1.55. The van der Waals surface area contributed by atoms with Crippen LogP contribution in [0.4, 0.5) is 10.5 Å². The van der Waals surface area contributed by atoms with Crippen molar-refractivity contribution in [3.8, 4) is 5.75 Å². The van der Waals surface area contributed by atoms with Crippen molar-refractivity contribution in [2.75, 3.05) is 11.9 Å². The summed E-state index contributed by atoms with van der Waals surface area (Å²) in [5.41, 5.74) is 1.29. The van der Waals surface area contributed by atoms with E-state index in [1.807, 2.05) is 40.7 Å². The van der Waals surface area contributed by atoms with E-state index in [1.54, 1.807) is 6.07 Å². The second-order valence-corrected chi connectivity index (χ2v) is 5.77. The van der Waals surface area contributed by atoms with Gasteiger partial charge in [0.25, 0.3) is 0 Å². The number of halogens is 1. The molecule has 0 fully saturated rings. The molecule has 0 aliphatic rings. The topological polar surface area (TPSA) is 50.4 Å². The maximum absolute atomic E-state index is 11.8. The molecule has 1 rings (SSSR count). The Morgan fingerprint density at radius 3 is 2.53 bits per heavy atom. The molecule has 0 radical (unpaired) electrons. The van der Waals surface area contributed by atoms with Crippen molar-refractivity contribution >= 4 is 23.3 Å². The molecule has 0 saturated carbocycles. The normalized spacial score (nSPS) is 11.1. The van der Waals surface area contributed by atoms with Crippen molar-refractivity contribution in [2.24, 2.45) is 0 Å². The number of aryl methyl sites for hydroxylation is 1. The Labute approximate surface area is 119 Å². The van der Waals surface area contributed by atoms with E-state index in [-0.39, 0.29) is 11.6 Å². The van der Waals surface area contributed by atoms with Gasteiger partial charge in [0.1, 0.15) is 5.75 Å². The smallest absolute Gasteiger partial charge is 0.319 e. The molecule has 0 saturated heterocycles. The monoisotopic (exact) mass is 284 g/mol. The Hall–Kier alpha value is -1.42. The Morgan fingerprint density at radius 2 is 2.00 bits per heavy atom. The van der Waals surface area contributed by atoms with Crippen LogP contribution in [0.3, 0.4) is 0 Å². The molecule has 0 heterocycles. The lowest BCUT2D eigenvalue weighted by atomic mass is 10.1. The lowest BCUT2D eigenvalue weighted by Gasteiger charge is -2.21. The third kappa shape index (κ3) is 4.99. The summed E-state index contributed by atoms with van der Waals surface area (Å²) in [7, 11) is 0. The second kappa shape index (κ2) is 6.15. The predicted octanol–water partition coefficient (Wildman–Crippen LogP) is 3.97. The Bertz CT molecular complexity index is 467. The molecular formula is C14H21ClN2O2. The molecule has 1 aromatic rings. The van der Waals surface area contributed by atoms with E-state index in [0.29, 0.717) is 23.1 Å². The SMILES string of the molecule is CCOc1cc(C)c(NC(=O)NC(C)(C)C)cc1Cl. The average molecular weight is 285 g/mol. The van der Waals surface area contributed by atoms with Gasteiger partial charge in [-0.15, -0.1) is 0 Å². The first-order valence-corrected chi connectivity index (χ1v) is 6.63. The van der Waals surface area contributed by atoms with Crippen LogP contribution in [0.1, 0.15) is 33.3 Å². The van der Waals surface area contributed by atoms with Crippen molar-refractivity contribution in [2.45, 2.75) is 40.2 Å². The van der Waals surface area contributed by atoms with Gasteiger partial charge in [0.2, 0.25) is 0 Å². The Balaban J connectivity index is 2.85. The number of hydrogen-bond acceptors (Lipinski definition) is 2. The number of urea groups is 1. The molecule has 2 amide bonds. The maximum Gasteiger partial charge on any atom is 0.319 e. The number of benzene rings is 1. The van der Waals surface area contributed by atoms with Crippen LogP contribution in [0.15, 0.2) is 12.1 Å². The van der Waals surface area contributed by atoms with Crippen LogP contribution < -0.4 is 15.4 Å². The first-order chi connectivity index (χ1) is 8.73. The van der Waals surface area contributed by atoms with Crippen molar-refractivity contribution < 1.29 is 9.53 Å². The molecule has 0 aliphatic carbocycles. The molecule has 1 aromatic carbocycles. The van der Waals surface area contributed by atoms with Crippen LogP contribution in [-0.4, -0.2) is 18.2 Å². The van der Waals surface area contributed by atoms with Gasteiger partial charge in [0.05, 0.1) is 11.6 Å². The van der Waals surface area contributed by atoms with Crippen LogP contribution >= 0.6 is 11.6 Å². The lowest BCUT2D eigenvalue weighted by molar-refractivity contribution is 0.244. The summed E-state index contributed by atoms with van der Waals surface area (Å²) in [6.45, 7) is 10.1. The largest absolute Gasteiger partial charge is 0.492 e. The number of ether oxygens (including phenoxy) is 1. The van der Waals surface area contributed by atoms with Crippen LogP contribution in [-0.2, 0) is 0 Å². The third-order valence-corrected chi connectivity index (χ3v) is 2.61. The maximum atomic E-state index is 11.8. The predicted molar refractivity (Wildman–Crippen MR) is 79.3 cm³/mol. The molecule has 106 valence electrons. The summed E-state index contributed by atoms with van der Waals surface area (Å²) in [5, 5.41) is 6.10. The fraction of sp³-hybridized carbons (Fsp3) is 0.500. The van der Waals surface area contributed by atoms with E-state index in [1.165, 1.54) is 0 Å². The quantitative estimate of drug-likeness (QED) is 0.882. The minimum Gasteiger partial charge on any atom is -0.492 e. The van der Waals surface area contributed by atoms with E-state index >= 15 is 0 Å². The third-order valence-electron chi connectivity index (χ3n) is 2.32. The fourth-order valence-corrected chi connectivity index (χ4v) is 1.77. The van der Waals surface area contributed by atoms with Crippen molar-refractivity contribution in [1.29, 1.82) is 0 Å². The van der Waals surface area contributed by atoms with Crippen LogP contribution in [0, 0.1) is 6.92 Å². The summed E-state index contributed by atoms with van der Waals surface area (Å²) in [5.74, 6) is 0.628. The summed E-state index contributed by atoms with van der Waals surface area (Å²) < 4.78 is 5.40. The zero-order chi connectivity index (χ0) is 14.6. The van der Waals surface area contributed by atoms with Gasteiger partial charge in [-0.2, -0.15) is 0 Å². The Morgan fingerprint density at radius 1 is 1.37 bits per heavy atom. The van der Waals surface area contributed by atoms with Crippen molar-refractivity contribution in [3.05, 3.63) is 22.7 Å². The van der Waals surface area contributed by atoms with Gasteiger partial charge in [-0.1, -0.05) is 11.6 Å². The number of carbonyl (C=O) groups is 1. The molecule has 0 atom stereocenters. The molecular weight excluding hydrogens is 264 g/mol. The highest BCUT2D eigenvalue weighted by molar-refractivity contribution is 6.32. The Kier molecular flexibility index (Phi) is 5.06. The highest BCUT2D eigenvalue weighted by Gasteiger charge is 2.15.